The fourth-order valence-electron chi connectivity index (χ4n) is 3.87. The zero-order chi connectivity index (χ0) is 15.6. The highest BCUT2D eigenvalue weighted by molar-refractivity contribution is 5.79. The van der Waals surface area contributed by atoms with E-state index >= 15 is 0 Å². The fourth-order valence-corrected chi connectivity index (χ4v) is 3.87. The summed E-state index contributed by atoms with van der Waals surface area (Å²) >= 11 is 0. The highest BCUT2D eigenvalue weighted by atomic mass is 15.3. The number of pyridine rings is 1. The molecule has 0 bridgehead atoms. The molecule has 3 heterocycles. The first-order valence-electron chi connectivity index (χ1n) is 8.81. The average Bonchev–Trinajstić information content (AvgIpc) is 3.10. The van der Waals surface area contributed by atoms with Crippen molar-refractivity contribution in [2.45, 2.75) is 25.9 Å². The maximum Gasteiger partial charge on any atom is 0.0705 e. The van der Waals surface area contributed by atoms with Crippen LogP contribution in [0.15, 0.2) is 30.3 Å². The number of hydrogen-bond donors (Lipinski definition) is 1. The lowest BCUT2D eigenvalue weighted by Gasteiger charge is -2.37. The Hall–Kier alpha value is -1.49. The first kappa shape index (κ1) is 15.1. The summed E-state index contributed by atoms with van der Waals surface area (Å²) in [5, 5.41) is 4.73. The van der Waals surface area contributed by atoms with E-state index in [-0.39, 0.29) is 0 Å². The third-order valence-electron chi connectivity index (χ3n) is 5.26. The highest BCUT2D eigenvalue weighted by Gasteiger charge is 2.25. The van der Waals surface area contributed by atoms with Crippen LogP contribution in [0, 0.1) is 6.92 Å². The normalized spacial score (nSPS) is 23.6. The van der Waals surface area contributed by atoms with Crippen LogP contribution in [-0.4, -0.2) is 60.1 Å². The van der Waals surface area contributed by atoms with E-state index in [2.05, 4.69) is 50.4 Å². The molecule has 0 aliphatic carbocycles. The molecule has 1 aromatic heterocycles. The van der Waals surface area contributed by atoms with Crippen molar-refractivity contribution in [1.29, 1.82) is 0 Å². The van der Waals surface area contributed by atoms with Crippen LogP contribution in [-0.2, 0) is 6.54 Å². The number of aryl methyl sites for hydroxylation is 1. The third kappa shape index (κ3) is 3.39. The van der Waals surface area contributed by atoms with E-state index < -0.39 is 0 Å². The summed E-state index contributed by atoms with van der Waals surface area (Å²) in [6, 6.07) is 11.8. The van der Waals surface area contributed by atoms with Crippen molar-refractivity contribution in [2.24, 2.45) is 0 Å². The molecule has 0 amide bonds. The van der Waals surface area contributed by atoms with Crippen molar-refractivity contribution in [1.82, 2.24) is 20.1 Å². The van der Waals surface area contributed by atoms with E-state index in [0.29, 0.717) is 0 Å². The van der Waals surface area contributed by atoms with Crippen LogP contribution in [0.1, 0.15) is 17.7 Å². The molecule has 2 fully saturated rings. The van der Waals surface area contributed by atoms with Crippen molar-refractivity contribution in [3.8, 4) is 0 Å². The van der Waals surface area contributed by atoms with Gasteiger partial charge in [-0.3, -0.25) is 14.8 Å². The lowest BCUT2D eigenvalue weighted by Crippen LogP contribution is -2.50. The smallest absolute Gasteiger partial charge is 0.0705 e. The van der Waals surface area contributed by atoms with Gasteiger partial charge in [0, 0.05) is 56.4 Å². The van der Waals surface area contributed by atoms with Crippen LogP contribution in [0.4, 0.5) is 0 Å². The zero-order valence-corrected chi connectivity index (χ0v) is 14.0. The molecular weight excluding hydrogens is 284 g/mol. The van der Waals surface area contributed by atoms with Crippen molar-refractivity contribution in [2.75, 3.05) is 39.3 Å². The lowest BCUT2D eigenvalue weighted by atomic mass is 10.1. The summed E-state index contributed by atoms with van der Waals surface area (Å²) in [5.74, 6) is 0. The quantitative estimate of drug-likeness (QED) is 0.940. The van der Waals surface area contributed by atoms with E-state index in [1.54, 1.807) is 0 Å². The Morgan fingerprint density at radius 2 is 2.00 bits per heavy atom. The van der Waals surface area contributed by atoms with Gasteiger partial charge in [-0.15, -0.1) is 0 Å². The average molecular weight is 310 g/mol. The van der Waals surface area contributed by atoms with Crippen LogP contribution < -0.4 is 5.32 Å². The van der Waals surface area contributed by atoms with Gasteiger partial charge in [-0.2, -0.15) is 0 Å². The Labute approximate surface area is 138 Å². The third-order valence-corrected chi connectivity index (χ3v) is 5.26. The molecule has 0 radical (unpaired) electrons. The molecule has 1 N–H and O–H groups in total. The SMILES string of the molecule is Cc1ccc2cc(CN3CCN(C4CCNC4)CC3)ccc2n1. The molecule has 4 nitrogen and oxygen atoms in total. The molecule has 1 atom stereocenters. The van der Waals surface area contributed by atoms with Gasteiger partial charge >= 0.3 is 0 Å². The molecule has 2 saturated heterocycles. The fraction of sp³-hybridized carbons (Fsp3) is 0.526. The second-order valence-electron chi connectivity index (χ2n) is 6.94. The summed E-state index contributed by atoms with van der Waals surface area (Å²) in [6.45, 7) is 10.3. The van der Waals surface area contributed by atoms with E-state index in [0.717, 1.165) is 23.8 Å². The summed E-state index contributed by atoms with van der Waals surface area (Å²) in [5.41, 5.74) is 3.59. The topological polar surface area (TPSA) is 31.4 Å². The van der Waals surface area contributed by atoms with Gasteiger partial charge in [-0.05, 0) is 43.7 Å². The number of aromatic nitrogens is 1. The first-order valence-corrected chi connectivity index (χ1v) is 8.81. The number of benzene rings is 1. The minimum atomic E-state index is 0.770. The maximum atomic E-state index is 4.59. The Balaban J connectivity index is 1.38. The van der Waals surface area contributed by atoms with E-state index in [1.165, 1.54) is 56.6 Å². The second-order valence-corrected chi connectivity index (χ2v) is 6.94. The minimum Gasteiger partial charge on any atom is -0.315 e. The molecule has 4 heteroatoms. The molecule has 0 saturated carbocycles. The summed E-state index contributed by atoms with van der Waals surface area (Å²) in [7, 11) is 0. The van der Waals surface area contributed by atoms with Crippen molar-refractivity contribution < 1.29 is 0 Å². The molecule has 1 unspecified atom stereocenters. The van der Waals surface area contributed by atoms with Gasteiger partial charge in [-0.25, -0.2) is 0 Å². The Kier molecular flexibility index (Phi) is 4.29. The van der Waals surface area contributed by atoms with Gasteiger partial charge in [-0.1, -0.05) is 12.1 Å². The Morgan fingerprint density at radius 1 is 1.13 bits per heavy atom. The predicted molar refractivity (Wildman–Crippen MR) is 94.6 cm³/mol. The maximum absolute atomic E-state index is 4.59. The highest BCUT2D eigenvalue weighted by Crippen LogP contribution is 2.18. The van der Waals surface area contributed by atoms with Crippen molar-refractivity contribution >= 4 is 10.9 Å². The van der Waals surface area contributed by atoms with Crippen molar-refractivity contribution in [3.63, 3.8) is 0 Å². The molecule has 23 heavy (non-hydrogen) atoms. The molecular formula is C19H26N4. The number of nitrogens with one attached hydrogen (secondary N) is 1. The molecule has 2 aliphatic rings. The first-order chi connectivity index (χ1) is 11.3. The van der Waals surface area contributed by atoms with Crippen LogP contribution in [0.25, 0.3) is 10.9 Å². The Morgan fingerprint density at radius 3 is 2.78 bits per heavy atom. The summed E-state index contributed by atoms with van der Waals surface area (Å²) < 4.78 is 0. The molecule has 2 aromatic rings. The standard InChI is InChI=1S/C19H26N4/c1-15-2-4-17-12-16(3-5-19(17)21-15)14-22-8-10-23(11-9-22)18-6-7-20-13-18/h2-5,12,18,20H,6-11,13-14H2,1H3. The van der Waals surface area contributed by atoms with Gasteiger partial charge in [0.2, 0.25) is 0 Å². The van der Waals surface area contributed by atoms with Crippen molar-refractivity contribution in [3.05, 3.63) is 41.6 Å². The van der Waals surface area contributed by atoms with E-state index in [1.807, 2.05) is 6.92 Å². The van der Waals surface area contributed by atoms with Crippen LogP contribution in [0.5, 0.6) is 0 Å². The van der Waals surface area contributed by atoms with E-state index in [4.69, 9.17) is 0 Å². The van der Waals surface area contributed by atoms with Crippen LogP contribution in [0.3, 0.4) is 0 Å². The van der Waals surface area contributed by atoms with Gasteiger partial charge < -0.3 is 5.32 Å². The number of piperazine rings is 1. The minimum absolute atomic E-state index is 0.770. The number of hydrogen-bond acceptors (Lipinski definition) is 4. The van der Waals surface area contributed by atoms with Crippen LogP contribution in [0.2, 0.25) is 0 Å². The second kappa shape index (κ2) is 6.56. The van der Waals surface area contributed by atoms with Gasteiger partial charge in [0.05, 0.1) is 5.52 Å². The number of rotatable bonds is 3. The largest absolute Gasteiger partial charge is 0.315 e. The molecule has 4 rings (SSSR count). The number of nitrogens with zero attached hydrogens (tertiary/aromatic N) is 3. The van der Waals surface area contributed by atoms with Gasteiger partial charge in [0.25, 0.3) is 0 Å². The molecule has 0 spiro atoms. The summed E-state index contributed by atoms with van der Waals surface area (Å²) in [4.78, 5) is 9.85. The zero-order valence-electron chi connectivity index (χ0n) is 14.0. The molecule has 1 aromatic carbocycles. The monoisotopic (exact) mass is 310 g/mol. The van der Waals surface area contributed by atoms with Gasteiger partial charge in [0.1, 0.15) is 0 Å². The predicted octanol–water partition coefficient (Wildman–Crippen LogP) is 2.02. The van der Waals surface area contributed by atoms with E-state index in [9.17, 15) is 0 Å². The summed E-state index contributed by atoms with van der Waals surface area (Å²) in [6.07, 6.45) is 1.32. The van der Waals surface area contributed by atoms with Crippen LogP contribution >= 0.6 is 0 Å². The lowest BCUT2D eigenvalue weighted by molar-refractivity contribution is 0.0981. The molecule has 122 valence electrons. The Bertz CT molecular complexity index is 670. The number of fused-ring (bicyclic) bond motifs is 1. The molecule has 2 aliphatic heterocycles. The van der Waals surface area contributed by atoms with Gasteiger partial charge in [0.15, 0.2) is 0 Å².